The van der Waals surface area contributed by atoms with Gasteiger partial charge < -0.3 is 10.2 Å². The Morgan fingerprint density at radius 1 is 1.25 bits per heavy atom. The first-order valence-electron chi connectivity index (χ1n) is 2.56. The van der Waals surface area contributed by atoms with Gasteiger partial charge in [-0.15, -0.1) is 0 Å². The van der Waals surface area contributed by atoms with Crippen LogP contribution in [-0.2, 0) is 0 Å². The Hall–Kier alpha value is -0.120. The van der Waals surface area contributed by atoms with Gasteiger partial charge >= 0.3 is 0 Å². The molecule has 0 aliphatic heterocycles. The summed E-state index contributed by atoms with van der Waals surface area (Å²) in [6, 6.07) is 0. The highest BCUT2D eigenvalue weighted by atomic mass is 16.5. The smallest absolute Gasteiger partial charge is 0.211 e. The van der Waals surface area contributed by atoms with Crippen LogP contribution in [0, 0.1) is 0 Å². The molecule has 0 aromatic carbocycles. The maximum Gasteiger partial charge on any atom is 0.211 e. The van der Waals surface area contributed by atoms with Crippen molar-refractivity contribution in [2.45, 2.75) is 32.7 Å². The van der Waals surface area contributed by atoms with Crippen LogP contribution in [-0.4, -0.2) is 22.2 Å². The normalized spacial score (nSPS) is 12.8. The van der Waals surface area contributed by atoms with Crippen LogP contribution in [0.25, 0.3) is 0 Å². The molecule has 3 heteroatoms. The second-order valence-corrected chi connectivity index (χ2v) is 2.77. The van der Waals surface area contributed by atoms with Crippen LogP contribution in [0.15, 0.2) is 0 Å². The predicted molar refractivity (Wildman–Crippen MR) is 31.1 cm³/mol. The van der Waals surface area contributed by atoms with Gasteiger partial charge in [-0.05, 0) is 20.8 Å². The van der Waals surface area contributed by atoms with Crippen molar-refractivity contribution >= 4 is 0 Å². The van der Waals surface area contributed by atoms with Crippen molar-refractivity contribution in [2.75, 3.05) is 0 Å². The molecule has 0 rings (SSSR count). The Labute approximate surface area is 49.3 Å². The fourth-order valence-corrected chi connectivity index (χ4v) is 0.387. The zero-order valence-electron chi connectivity index (χ0n) is 5.47. The fourth-order valence-electron chi connectivity index (χ4n) is 0.387. The van der Waals surface area contributed by atoms with Gasteiger partial charge in [0.1, 0.15) is 0 Å². The van der Waals surface area contributed by atoms with Crippen LogP contribution in [0.1, 0.15) is 20.8 Å². The summed E-state index contributed by atoms with van der Waals surface area (Å²) in [4.78, 5) is 0. The van der Waals surface area contributed by atoms with Gasteiger partial charge in [0.05, 0.1) is 0 Å². The molecule has 0 spiro atoms. The Bertz CT molecular complexity index is 65.3. The Morgan fingerprint density at radius 3 is 1.62 bits per heavy atom. The molecule has 3 N–H and O–H groups in total. The molecule has 0 saturated carbocycles. The van der Waals surface area contributed by atoms with Gasteiger partial charge in [0.25, 0.3) is 0 Å². The van der Waals surface area contributed by atoms with E-state index in [0.717, 1.165) is 0 Å². The second kappa shape index (κ2) is 2.44. The van der Waals surface area contributed by atoms with E-state index < -0.39 is 6.41 Å². The molecular formula is C5H13NO2. The van der Waals surface area contributed by atoms with Gasteiger partial charge in [-0.3, -0.25) is 5.32 Å². The topological polar surface area (TPSA) is 52.5 Å². The summed E-state index contributed by atoms with van der Waals surface area (Å²) in [6.45, 7) is 5.56. The van der Waals surface area contributed by atoms with Crippen molar-refractivity contribution in [3.8, 4) is 0 Å². The van der Waals surface area contributed by atoms with E-state index in [2.05, 4.69) is 5.32 Å². The van der Waals surface area contributed by atoms with Crippen molar-refractivity contribution in [1.29, 1.82) is 0 Å². The molecule has 0 bridgehead atoms. The summed E-state index contributed by atoms with van der Waals surface area (Å²) in [7, 11) is 0. The lowest BCUT2D eigenvalue weighted by molar-refractivity contribution is -0.0808. The third-order valence-electron chi connectivity index (χ3n) is 0.562. The van der Waals surface area contributed by atoms with Crippen LogP contribution < -0.4 is 5.32 Å². The van der Waals surface area contributed by atoms with Gasteiger partial charge in [0, 0.05) is 5.54 Å². The van der Waals surface area contributed by atoms with Gasteiger partial charge in [-0.25, -0.2) is 0 Å². The standard InChI is InChI=1S/C5H13NO2/c1-5(2,3)6-4(7)8/h4,6-8H,1-3H3. The van der Waals surface area contributed by atoms with Crippen LogP contribution in [0.4, 0.5) is 0 Å². The maximum absolute atomic E-state index is 8.33. The van der Waals surface area contributed by atoms with E-state index >= 15 is 0 Å². The SMILES string of the molecule is CC(C)(C)NC(O)O. The Morgan fingerprint density at radius 2 is 1.62 bits per heavy atom. The molecule has 3 nitrogen and oxygen atoms in total. The lowest BCUT2D eigenvalue weighted by Gasteiger charge is -2.21. The van der Waals surface area contributed by atoms with Gasteiger partial charge in [0.15, 0.2) is 0 Å². The van der Waals surface area contributed by atoms with Crippen molar-refractivity contribution in [3.05, 3.63) is 0 Å². The Kier molecular flexibility index (Phi) is 2.40. The molecule has 0 amide bonds. The minimum Gasteiger partial charge on any atom is -0.356 e. The van der Waals surface area contributed by atoms with Crippen LogP contribution >= 0.6 is 0 Å². The van der Waals surface area contributed by atoms with Crippen LogP contribution in [0.3, 0.4) is 0 Å². The predicted octanol–water partition coefficient (Wildman–Crippen LogP) is -0.357. The van der Waals surface area contributed by atoms with Gasteiger partial charge in [-0.1, -0.05) is 0 Å². The van der Waals surface area contributed by atoms with Gasteiger partial charge in [0.2, 0.25) is 6.41 Å². The average Bonchev–Trinajstić information content (AvgIpc) is 1.21. The first kappa shape index (κ1) is 7.88. The molecule has 8 heavy (non-hydrogen) atoms. The summed E-state index contributed by atoms with van der Waals surface area (Å²) >= 11 is 0. The van der Waals surface area contributed by atoms with Crippen molar-refractivity contribution in [3.63, 3.8) is 0 Å². The second-order valence-electron chi connectivity index (χ2n) is 2.77. The van der Waals surface area contributed by atoms with E-state index in [0.29, 0.717) is 0 Å². The first-order chi connectivity index (χ1) is 3.42. The van der Waals surface area contributed by atoms with E-state index in [-0.39, 0.29) is 5.54 Å². The van der Waals surface area contributed by atoms with Crippen molar-refractivity contribution in [2.24, 2.45) is 0 Å². The van der Waals surface area contributed by atoms with Gasteiger partial charge in [-0.2, -0.15) is 0 Å². The lowest BCUT2D eigenvalue weighted by Crippen LogP contribution is -2.43. The molecule has 0 heterocycles. The number of nitrogens with one attached hydrogen (secondary N) is 1. The number of hydrogen-bond donors (Lipinski definition) is 3. The highest BCUT2D eigenvalue weighted by Crippen LogP contribution is 1.97. The number of hydrogen-bond acceptors (Lipinski definition) is 3. The number of rotatable bonds is 1. The third kappa shape index (κ3) is 5.88. The molecule has 0 aromatic rings. The van der Waals surface area contributed by atoms with Crippen LogP contribution in [0.2, 0.25) is 0 Å². The minimum absolute atomic E-state index is 0.228. The summed E-state index contributed by atoms with van der Waals surface area (Å²) in [5, 5.41) is 19.2. The van der Waals surface area contributed by atoms with E-state index in [1.54, 1.807) is 0 Å². The quantitative estimate of drug-likeness (QED) is 0.413. The molecule has 0 unspecified atom stereocenters. The zero-order valence-corrected chi connectivity index (χ0v) is 5.47. The third-order valence-corrected chi connectivity index (χ3v) is 0.562. The maximum atomic E-state index is 8.33. The Balaban J connectivity index is 3.39. The molecule has 0 saturated heterocycles. The molecular weight excluding hydrogens is 106 g/mol. The molecule has 0 aliphatic rings. The van der Waals surface area contributed by atoms with E-state index in [1.165, 1.54) is 0 Å². The molecule has 0 aliphatic carbocycles. The van der Waals surface area contributed by atoms with E-state index in [1.807, 2.05) is 20.8 Å². The summed E-state index contributed by atoms with van der Waals surface area (Å²) in [5.41, 5.74) is -0.228. The number of aliphatic hydroxyl groups excluding tert-OH is 1. The molecule has 50 valence electrons. The first-order valence-corrected chi connectivity index (χ1v) is 2.56. The molecule has 0 fully saturated rings. The highest BCUT2D eigenvalue weighted by molar-refractivity contribution is 4.67. The summed E-state index contributed by atoms with van der Waals surface area (Å²) in [6.07, 6.45) is -1.41. The molecule has 0 atom stereocenters. The zero-order chi connectivity index (χ0) is 6.78. The summed E-state index contributed by atoms with van der Waals surface area (Å²) in [5.74, 6) is 0. The molecule has 0 radical (unpaired) electrons. The average molecular weight is 119 g/mol. The van der Waals surface area contributed by atoms with E-state index in [4.69, 9.17) is 10.2 Å². The fraction of sp³-hybridized carbons (Fsp3) is 1.00. The van der Waals surface area contributed by atoms with Crippen molar-refractivity contribution in [1.82, 2.24) is 5.32 Å². The van der Waals surface area contributed by atoms with Crippen molar-refractivity contribution < 1.29 is 10.2 Å². The number of aliphatic hydroxyl groups is 2. The highest BCUT2D eigenvalue weighted by Gasteiger charge is 2.11. The molecule has 0 aromatic heterocycles. The van der Waals surface area contributed by atoms with E-state index in [9.17, 15) is 0 Å². The monoisotopic (exact) mass is 119 g/mol. The summed E-state index contributed by atoms with van der Waals surface area (Å²) < 4.78 is 0. The van der Waals surface area contributed by atoms with Crippen LogP contribution in [0.5, 0.6) is 0 Å². The largest absolute Gasteiger partial charge is 0.356 e. The lowest BCUT2D eigenvalue weighted by atomic mass is 10.1. The minimum atomic E-state index is -1.41.